The molecule has 2 nitrogen and oxygen atoms in total. The van der Waals surface area contributed by atoms with Gasteiger partial charge in [-0.2, -0.15) is 0 Å². The second kappa shape index (κ2) is 7.99. The molecular formula is C39H28N2. The predicted octanol–water partition coefficient (Wildman–Crippen LogP) is 10.2. The Labute approximate surface area is 238 Å². The van der Waals surface area contributed by atoms with Crippen LogP contribution in [0, 0.1) is 0 Å². The molecule has 1 aliphatic rings. The van der Waals surface area contributed by atoms with Gasteiger partial charge in [0.1, 0.15) is 0 Å². The van der Waals surface area contributed by atoms with E-state index in [1.807, 2.05) is 0 Å². The van der Waals surface area contributed by atoms with Crippen molar-refractivity contribution in [1.29, 1.82) is 0 Å². The van der Waals surface area contributed by atoms with Crippen LogP contribution in [-0.4, -0.2) is 9.13 Å². The minimum Gasteiger partial charge on any atom is -0.309 e. The third kappa shape index (κ3) is 2.92. The third-order valence-electron chi connectivity index (χ3n) is 9.31. The van der Waals surface area contributed by atoms with Gasteiger partial charge in [-0.05, 0) is 70.8 Å². The molecule has 2 aromatic heterocycles. The summed E-state index contributed by atoms with van der Waals surface area (Å²) in [5, 5.41) is 5.13. The topological polar surface area (TPSA) is 9.86 Å². The summed E-state index contributed by atoms with van der Waals surface area (Å²) in [5.74, 6) is 0. The molecule has 41 heavy (non-hydrogen) atoms. The van der Waals surface area contributed by atoms with Gasteiger partial charge in [0.25, 0.3) is 0 Å². The number of aromatic nitrogens is 2. The summed E-state index contributed by atoms with van der Waals surface area (Å²) < 4.78 is 4.91. The van der Waals surface area contributed by atoms with Gasteiger partial charge in [-0.3, -0.25) is 0 Å². The molecule has 2 heteroatoms. The van der Waals surface area contributed by atoms with E-state index in [2.05, 4.69) is 156 Å². The van der Waals surface area contributed by atoms with Crippen molar-refractivity contribution in [2.45, 2.75) is 19.3 Å². The Balaban J connectivity index is 1.44. The minimum absolute atomic E-state index is 0.0588. The summed E-state index contributed by atoms with van der Waals surface area (Å²) in [6, 6.07) is 49.0. The van der Waals surface area contributed by atoms with Crippen molar-refractivity contribution in [1.82, 2.24) is 9.13 Å². The number of rotatable bonds is 2. The van der Waals surface area contributed by atoms with E-state index in [4.69, 9.17) is 0 Å². The van der Waals surface area contributed by atoms with Gasteiger partial charge in [0.15, 0.2) is 0 Å². The molecule has 9 rings (SSSR count). The van der Waals surface area contributed by atoms with Crippen LogP contribution in [0.2, 0.25) is 0 Å². The van der Waals surface area contributed by atoms with E-state index in [1.165, 1.54) is 77.2 Å². The van der Waals surface area contributed by atoms with Crippen molar-refractivity contribution in [3.05, 3.63) is 145 Å². The molecule has 0 radical (unpaired) electrons. The Kier molecular flexibility index (Phi) is 4.42. The second-order valence-electron chi connectivity index (χ2n) is 11.8. The average molecular weight is 525 g/mol. The lowest BCUT2D eigenvalue weighted by Crippen LogP contribution is -2.15. The highest BCUT2D eigenvalue weighted by Gasteiger charge is 2.36. The standard InChI is InChI=1S/C39H28N2/c1-39(2)31-18-9-6-15-26(31)29-23-30-27-16-7-10-19-33(27)41(37(30)24-32(29)39)36-22-12-21-35-38(36)28-17-8-11-20-34(28)40(35)25-13-4-3-5-14-25/h3-24H,1-2H3. The fourth-order valence-electron chi connectivity index (χ4n) is 7.46. The molecule has 0 unspecified atom stereocenters. The summed E-state index contributed by atoms with van der Waals surface area (Å²) in [6.45, 7) is 4.73. The lowest BCUT2D eigenvalue weighted by Gasteiger charge is -2.21. The lowest BCUT2D eigenvalue weighted by molar-refractivity contribution is 0.661. The van der Waals surface area contributed by atoms with Crippen LogP contribution in [0.25, 0.3) is 66.1 Å². The third-order valence-corrected chi connectivity index (χ3v) is 9.31. The quantitative estimate of drug-likeness (QED) is 0.213. The summed E-state index contributed by atoms with van der Waals surface area (Å²) in [4.78, 5) is 0. The summed E-state index contributed by atoms with van der Waals surface area (Å²) >= 11 is 0. The number of benzene rings is 6. The molecule has 0 bridgehead atoms. The molecule has 0 fully saturated rings. The first-order valence-corrected chi connectivity index (χ1v) is 14.4. The Morgan fingerprint density at radius 1 is 0.439 bits per heavy atom. The minimum atomic E-state index is -0.0588. The first-order chi connectivity index (χ1) is 20.1. The maximum absolute atomic E-state index is 2.51. The van der Waals surface area contributed by atoms with Gasteiger partial charge in [0, 0.05) is 32.6 Å². The van der Waals surface area contributed by atoms with E-state index in [0.29, 0.717) is 0 Å². The smallest absolute Gasteiger partial charge is 0.0562 e. The van der Waals surface area contributed by atoms with Crippen molar-refractivity contribution in [3.8, 4) is 22.5 Å². The Bertz CT molecular complexity index is 2330. The fraction of sp³-hybridized carbons (Fsp3) is 0.0769. The first-order valence-electron chi connectivity index (χ1n) is 14.4. The van der Waals surface area contributed by atoms with Crippen molar-refractivity contribution in [3.63, 3.8) is 0 Å². The van der Waals surface area contributed by atoms with Crippen LogP contribution in [0.15, 0.2) is 133 Å². The summed E-state index contributed by atoms with van der Waals surface area (Å²) in [7, 11) is 0. The number of para-hydroxylation sites is 3. The second-order valence-corrected chi connectivity index (χ2v) is 11.8. The SMILES string of the molecule is CC1(C)c2ccccc2-c2cc3c4ccccc4n(-c4cccc5c4c4ccccc4n5-c4ccccc4)c3cc21. The highest BCUT2D eigenvalue weighted by atomic mass is 15.0. The van der Waals surface area contributed by atoms with Crippen LogP contribution in [0.3, 0.4) is 0 Å². The average Bonchev–Trinajstić information content (AvgIpc) is 3.60. The summed E-state index contributed by atoms with van der Waals surface area (Å²) in [5.41, 5.74) is 12.8. The Morgan fingerprint density at radius 2 is 1.10 bits per heavy atom. The van der Waals surface area contributed by atoms with Crippen LogP contribution in [0.4, 0.5) is 0 Å². The highest BCUT2D eigenvalue weighted by molar-refractivity contribution is 6.17. The van der Waals surface area contributed by atoms with Gasteiger partial charge in [0.05, 0.1) is 27.8 Å². The zero-order valence-corrected chi connectivity index (χ0v) is 23.1. The Morgan fingerprint density at radius 3 is 1.93 bits per heavy atom. The monoisotopic (exact) mass is 524 g/mol. The van der Waals surface area contributed by atoms with Crippen molar-refractivity contribution in [2.75, 3.05) is 0 Å². The molecule has 0 spiro atoms. The predicted molar refractivity (Wildman–Crippen MR) is 173 cm³/mol. The fourth-order valence-corrected chi connectivity index (χ4v) is 7.46. The van der Waals surface area contributed by atoms with E-state index < -0.39 is 0 Å². The highest BCUT2D eigenvalue weighted by Crippen LogP contribution is 2.51. The van der Waals surface area contributed by atoms with Crippen LogP contribution in [-0.2, 0) is 5.41 Å². The number of hydrogen-bond donors (Lipinski definition) is 0. The normalized spacial score (nSPS) is 13.8. The van der Waals surface area contributed by atoms with E-state index in [-0.39, 0.29) is 5.41 Å². The zero-order chi connectivity index (χ0) is 27.3. The van der Waals surface area contributed by atoms with Gasteiger partial charge < -0.3 is 9.13 Å². The number of hydrogen-bond acceptors (Lipinski definition) is 0. The maximum Gasteiger partial charge on any atom is 0.0562 e. The van der Waals surface area contributed by atoms with Crippen molar-refractivity contribution in [2.24, 2.45) is 0 Å². The summed E-state index contributed by atoms with van der Waals surface area (Å²) in [6.07, 6.45) is 0. The van der Waals surface area contributed by atoms with Gasteiger partial charge in [-0.15, -0.1) is 0 Å². The van der Waals surface area contributed by atoms with Crippen molar-refractivity contribution >= 4 is 43.6 Å². The molecule has 2 heterocycles. The molecule has 194 valence electrons. The number of fused-ring (bicyclic) bond motifs is 9. The molecule has 0 aliphatic heterocycles. The molecule has 0 N–H and O–H groups in total. The molecule has 0 amide bonds. The van der Waals surface area contributed by atoms with Gasteiger partial charge in [-0.1, -0.05) is 98.8 Å². The van der Waals surface area contributed by atoms with E-state index in [1.54, 1.807) is 0 Å². The van der Waals surface area contributed by atoms with Gasteiger partial charge in [-0.25, -0.2) is 0 Å². The van der Waals surface area contributed by atoms with E-state index in [0.717, 1.165) is 0 Å². The zero-order valence-electron chi connectivity index (χ0n) is 23.1. The van der Waals surface area contributed by atoms with Gasteiger partial charge in [0.2, 0.25) is 0 Å². The van der Waals surface area contributed by atoms with Crippen LogP contribution < -0.4 is 0 Å². The van der Waals surface area contributed by atoms with Crippen LogP contribution >= 0.6 is 0 Å². The maximum atomic E-state index is 2.51. The molecule has 0 atom stereocenters. The largest absolute Gasteiger partial charge is 0.309 e. The molecule has 8 aromatic rings. The van der Waals surface area contributed by atoms with E-state index >= 15 is 0 Å². The van der Waals surface area contributed by atoms with Crippen LogP contribution in [0.5, 0.6) is 0 Å². The molecule has 6 aromatic carbocycles. The molecular weight excluding hydrogens is 496 g/mol. The first kappa shape index (κ1) is 22.7. The van der Waals surface area contributed by atoms with Crippen molar-refractivity contribution < 1.29 is 0 Å². The Hall–Kier alpha value is -5.08. The van der Waals surface area contributed by atoms with Crippen LogP contribution in [0.1, 0.15) is 25.0 Å². The lowest BCUT2D eigenvalue weighted by atomic mass is 9.82. The number of nitrogens with zero attached hydrogens (tertiary/aromatic N) is 2. The molecule has 1 aliphatic carbocycles. The molecule has 0 saturated heterocycles. The van der Waals surface area contributed by atoms with Gasteiger partial charge >= 0.3 is 0 Å². The van der Waals surface area contributed by atoms with E-state index in [9.17, 15) is 0 Å². The molecule has 0 saturated carbocycles.